The zero-order chi connectivity index (χ0) is 17.1. The van der Waals surface area contributed by atoms with Gasteiger partial charge in [0.2, 0.25) is 5.91 Å². The van der Waals surface area contributed by atoms with Crippen LogP contribution in [0, 0.1) is 5.92 Å². The molecule has 0 saturated carbocycles. The van der Waals surface area contributed by atoms with E-state index < -0.39 is 5.91 Å². The monoisotopic (exact) mass is 328 g/mol. The summed E-state index contributed by atoms with van der Waals surface area (Å²) in [5.74, 6) is -0.162. The number of hydroxylamine groups is 1. The number of hydrogen-bond acceptors (Lipinski definition) is 6. The third-order valence-electron chi connectivity index (χ3n) is 3.97. The van der Waals surface area contributed by atoms with E-state index in [1.165, 1.54) is 0 Å². The predicted octanol–water partition coefficient (Wildman–Crippen LogP) is 2.72. The topological polar surface area (TPSA) is 106 Å². The summed E-state index contributed by atoms with van der Waals surface area (Å²) in [5, 5.41) is 19.9. The lowest BCUT2D eigenvalue weighted by Gasteiger charge is -2.27. The Kier molecular flexibility index (Phi) is 4.57. The zero-order valence-corrected chi connectivity index (χ0v) is 13.6. The number of hydrogen-bond donors (Lipinski definition) is 3. The van der Waals surface area contributed by atoms with Crippen molar-refractivity contribution in [3.63, 3.8) is 0 Å². The van der Waals surface area contributed by atoms with Gasteiger partial charge < -0.3 is 4.98 Å². The molecule has 8 heteroatoms. The standard InChI is InChI=1S/C16H20N6O2/c1-10(2)16(14-7-11-8-17-6-5-13(11)18-14)22-9-12(19-21-22)3-4-15(23)20-24/h3,5-8,10,16,18,24H,4,9H2,1-2H3,(H,20,23)/b12-3-. The van der Waals surface area contributed by atoms with Crippen molar-refractivity contribution in [1.29, 1.82) is 0 Å². The summed E-state index contributed by atoms with van der Waals surface area (Å²) < 4.78 is 0. The second-order valence-electron chi connectivity index (χ2n) is 6.10. The summed E-state index contributed by atoms with van der Waals surface area (Å²) in [6, 6.07) is 4.07. The van der Waals surface area contributed by atoms with Crippen LogP contribution in [-0.2, 0) is 4.79 Å². The Morgan fingerprint density at radius 2 is 2.38 bits per heavy atom. The lowest BCUT2D eigenvalue weighted by atomic mass is 10.00. The van der Waals surface area contributed by atoms with E-state index >= 15 is 0 Å². The van der Waals surface area contributed by atoms with E-state index in [1.807, 2.05) is 17.3 Å². The number of H-pyrrole nitrogens is 1. The number of carbonyl (C=O) groups is 1. The molecule has 24 heavy (non-hydrogen) atoms. The molecule has 126 valence electrons. The number of nitrogens with one attached hydrogen (secondary N) is 2. The van der Waals surface area contributed by atoms with Crippen LogP contribution in [0.5, 0.6) is 0 Å². The third-order valence-corrected chi connectivity index (χ3v) is 3.97. The molecule has 0 radical (unpaired) electrons. The zero-order valence-electron chi connectivity index (χ0n) is 13.6. The first-order valence-corrected chi connectivity index (χ1v) is 7.81. The van der Waals surface area contributed by atoms with Gasteiger partial charge in [-0.3, -0.25) is 20.0 Å². The summed E-state index contributed by atoms with van der Waals surface area (Å²) in [5.41, 5.74) is 4.41. The third kappa shape index (κ3) is 3.28. The van der Waals surface area contributed by atoms with Crippen LogP contribution in [0.2, 0.25) is 0 Å². The molecule has 2 aromatic heterocycles. The van der Waals surface area contributed by atoms with Gasteiger partial charge in [0.15, 0.2) is 0 Å². The molecule has 1 amide bonds. The Morgan fingerprint density at radius 3 is 3.08 bits per heavy atom. The van der Waals surface area contributed by atoms with Crippen LogP contribution in [0.25, 0.3) is 10.9 Å². The molecule has 0 spiro atoms. The molecule has 2 aromatic rings. The molecule has 8 nitrogen and oxygen atoms in total. The molecule has 1 aliphatic heterocycles. The van der Waals surface area contributed by atoms with Gasteiger partial charge in [-0.15, -0.1) is 5.11 Å². The highest BCUT2D eigenvalue weighted by atomic mass is 16.5. The highest BCUT2D eigenvalue weighted by molar-refractivity contribution is 5.79. The Morgan fingerprint density at radius 1 is 1.54 bits per heavy atom. The van der Waals surface area contributed by atoms with Crippen molar-refractivity contribution in [2.75, 3.05) is 6.54 Å². The summed E-state index contributed by atoms with van der Waals surface area (Å²) in [6.45, 7) is 4.78. The summed E-state index contributed by atoms with van der Waals surface area (Å²) in [6.07, 6.45) is 5.33. The second-order valence-corrected chi connectivity index (χ2v) is 6.10. The van der Waals surface area contributed by atoms with Gasteiger partial charge in [0.05, 0.1) is 18.3 Å². The van der Waals surface area contributed by atoms with Crippen molar-refractivity contribution in [3.05, 3.63) is 42.0 Å². The Bertz CT molecular complexity index is 762. The first kappa shape index (κ1) is 16.1. The lowest BCUT2D eigenvalue weighted by molar-refractivity contribution is -0.128. The molecule has 3 rings (SSSR count). The number of nitrogens with zero attached hydrogens (tertiary/aromatic N) is 4. The fraction of sp³-hybridized carbons (Fsp3) is 0.375. The fourth-order valence-electron chi connectivity index (χ4n) is 2.88. The Hall–Kier alpha value is -2.74. The Labute approximate surface area is 139 Å². The molecule has 0 bridgehead atoms. The molecular weight excluding hydrogens is 308 g/mol. The van der Waals surface area contributed by atoms with Crippen LogP contribution in [0.4, 0.5) is 0 Å². The quantitative estimate of drug-likeness (QED) is 0.579. The molecular formula is C16H20N6O2. The van der Waals surface area contributed by atoms with Gasteiger partial charge in [-0.05, 0) is 24.1 Å². The average molecular weight is 328 g/mol. The van der Waals surface area contributed by atoms with Crippen molar-refractivity contribution >= 4 is 16.8 Å². The van der Waals surface area contributed by atoms with Gasteiger partial charge in [0, 0.05) is 35.4 Å². The van der Waals surface area contributed by atoms with E-state index in [2.05, 4.69) is 40.2 Å². The number of pyridine rings is 1. The van der Waals surface area contributed by atoms with E-state index in [0.717, 1.165) is 16.6 Å². The van der Waals surface area contributed by atoms with Crippen LogP contribution in [0.15, 0.2) is 46.6 Å². The number of amides is 1. The number of rotatable bonds is 5. The van der Waals surface area contributed by atoms with E-state index in [-0.39, 0.29) is 12.5 Å². The molecule has 0 aromatic carbocycles. The molecule has 3 heterocycles. The minimum absolute atomic E-state index is 0.0405. The van der Waals surface area contributed by atoms with Crippen LogP contribution in [0.1, 0.15) is 32.0 Å². The van der Waals surface area contributed by atoms with Crippen molar-refractivity contribution in [2.45, 2.75) is 26.3 Å². The van der Waals surface area contributed by atoms with Gasteiger partial charge in [0.25, 0.3) is 0 Å². The molecule has 1 aliphatic rings. The lowest BCUT2D eigenvalue weighted by Crippen LogP contribution is -2.26. The van der Waals surface area contributed by atoms with Crippen molar-refractivity contribution in [2.24, 2.45) is 16.3 Å². The highest BCUT2D eigenvalue weighted by Crippen LogP contribution is 2.33. The molecule has 1 unspecified atom stereocenters. The maximum absolute atomic E-state index is 11.1. The van der Waals surface area contributed by atoms with E-state index in [0.29, 0.717) is 18.2 Å². The first-order chi connectivity index (χ1) is 11.6. The van der Waals surface area contributed by atoms with E-state index in [9.17, 15) is 4.79 Å². The molecule has 0 saturated heterocycles. The number of carbonyl (C=O) groups excluding carboxylic acids is 1. The van der Waals surface area contributed by atoms with Gasteiger partial charge in [-0.25, -0.2) is 5.48 Å². The molecule has 1 atom stereocenters. The number of aromatic amines is 1. The van der Waals surface area contributed by atoms with Crippen LogP contribution >= 0.6 is 0 Å². The summed E-state index contributed by atoms with van der Waals surface area (Å²) >= 11 is 0. The predicted molar refractivity (Wildman–Crippen MR) is 87.9 cm³/mol. The average Bonchev–Trinajstić information content (AvgIpc) is 3.19. The summed E-state index contributed by atoms with van der Waals surface area (Å²) in [4.78, 5) is 18.7. The van der Waals surface area contributed by atoms with E-state index in [1.54, 1.807) is 17.8 Å². The first-order valence-electron chi connectivity index (χ1n) is 7.81. The minimum atomic E-state index is -0.473. The number of fused-ring (bicyclic) bond motifs is 1. The van der Waals surface area contributed by atoms with Gasteiger partial charge >= 0.3 is 0 Å². The van der Waals surface area contributed by atoms with Gasteiger partial charge in [-0.1, -0.05) is 19.1 Å². The largest absolute Gasteiger partial charge is 0.357 e. The smallest absolute Gasteiger partial charge is 0.247 e. The van der Waals surface area contributed by atoms with Crippen molar-refractivity contribution < 1.29 is 10.0 Å². The molecule has 0 aliphatic carbocycles. The van der Waals surface area contributed by atoms with Crippen LogP contribution in [0.3, 0.4) is 0 Å². The van der Waals surface area contributed by atoms with Crippen molar-refractivity contribution in [3.8, 4) is 0 Å². The fourth-order valence-corrected chi connectivity index (χ4v) is 2.88. The van der Waals surface area contributed by atoms with E-state index in [4.69, 9.17) is 5.21 Å². The molecule has 3 N–H and O–H groups in total. The SMILES string of the molecule is CC(C)C(c1cc2cnccc2[nH]1)N1C/C(=C/CC(=O)NO)N=N1. The summed E-state index contributed by atoms with van der Waals surface area (Å²) in [7, 11) is 0. The van der Waals surface area contributed by atoms with Crippen molar-refractivity contribution in [1.82, 2.24) is 20.5 Å². The van der Waals surface area contributed by atoms with Crippen LogP contribution < -0.4 is 5.48 Å². The number of aromatic nitrogens is 2. The molecule has 0 fully saturated rings. The Balaban J connectivity index is 1.80. The van der Waals surface area contributed by atoms with Crippen LogP contribution in [-0.4, -0.2) is 32.6 Å². The highest BCUT2D eigenvalue weighted by Gasteiger charge is 2.28. The normalized spacial score (nSPS) is 17.2. The maximum Gasteiger partial charge on any atom is 0.247 e. The minimum Gasteiger partial charge on any atom is -0.357 e. The van der Waals surface area contributed by atoms with Gasteiger partial charge in [-0.2, -0.15) is 0 Å². The second kappa shape index (κ2) is 6.79. The van der Waals surface area contributed by atoms with Gasteiger partial charge in [0.1, 0.15) is 0 Å². The maximum atomic E-state index is 11.1.